The van der Waals surface area contributed by atoms with E-state index in [-0.39, 0.29) is 11.0 Å². The van der Waals surface area contributed by atoms with Crippen LogP contribution < -0.4 is 29.1 Å². The Kier molecular flexibility index (Phi) is 5.33. The molecule has 0 saturated carbocycles. The molecule has 0 radical (unpaired) electrons. The Morgan fingerprint density at radius 1 is 0.710 bits per heavy atom. The summed E-state index contributed by atoms with van der Waals surface area (Å²) in [7, 11) is 7.66. The van der Waals surface area contributed by atoms with Crippen LogP contribution in [-0.4, -0.2) is 35.5 Å². The Morgan fingerprint density at radius 3 is 2.10 bits per heavy atom. The smallest absolute Gasteiger partial charge is 0.204 e. The van der Waals surface area contributed by atoms with Crippen molar-refractivity contribution in [3.63, 3.8) is 0 Å². The highest BCUT2D eigenvalue weighted by Crippen LogP contribution is 2.44. The second kappa shape index (κ2) is 8.10. The van der Waals surface area contributed by atoms with Crippen molar-refractivity contribution in [3.8, 4) is 39.9 Å². The van der Waals surface area contributed by atoms with Gasteiger partial charge in [0.1, 0.15) is 22.6 Å². The van der Waals surface area contributed by atoms with Crippen LogP contribution in [0.2, 0.25) is 0 Å². The van der Waals surface area contributed by atoms with Gasteiger partial charge in [0.15, 0.2) is 16.9 Å². The second-order valence-electron chi connectivity index (χ2n) is 6.70. The Balaban J connectivity index is 2.24. The van der Waals surface area contributed by atoms with Crippen LogP contribution >= 0.6 is 0 Å². The van der Waals surface area contributed by atoms with E-state index in [2.05, 4.69) is 0 Å². The number of hydrogen-bond acceptors (Lipinski definition) is 7. The predicted molar refractivity (Wildman–Crippen MR) is 118 cm³/mol. The summed E-state index contributed by atoms with van der Waals surface area (Å²) >= 11 is 0. The first-order valence-corrected chi connectivity index (χ1v) is 9.48. The first-order valence-electron chi connectivity index (χ1n) is 9.48. The molecule has 31 heavy (non-hydrogen) atoms. The van der Waals surface area contributed by atoms with Gasteiger partial charge in [0.25, 0.3) is 0 Å². The standard InChI is InChI=1S/C24H22O7/c1-26-14-8-6-7-13(11-14)19-17(28-3)12-18(29-4)20-21(25)15-9-10-16(27-2)23(30-5)22(15)31-24(19)20/h6-12H,1-5H3. The number of methoxy groups -OCH3 is 5. The van der Waals surface area contributed by atoms with E-state index in [0.717, 1.165) is 5.56 Å². The summed E-state index contributed by atoms with van der Waals surface area (Å²) in [6, 6.07) is 12.4. The lowest BCUT2D eigenvalue weighted by Crippen LogP contribution is -2.07. The van der Waals surface area contributed by atoms with Gasteiger partial charge in [-0.15, -0.1) is 0 Å². The van der Waals surface area contributed by atoms with E-state index in [1.807, 2.05) is 24.3 Å². The van der Waals surface area contributed by atoms with Gasteiger partial charge in [-0.05, 0) is 29.8 Å². The molecule has 1 aromatic heterocycles. The van der Waals surface area contributed by atoms with Gasteiger partial charge in [0, 0.05) is 6.07 Å². The Bertz CT molecular complexity index is 1340. The van der Waals surface area contributed by atoms with Gasteiger partial charge >= 0.3 is 0 Å². The van der Waals surface area contributed by atoms with E-state index in [1.54, 1.807) is 32.4 Å². The predicted octanol–water partition coefficient (Wildman–Crippen LogP) is 4.66. The van der Waals surface area contributed by atoms with Crippen molar-refractivity contribution in [2.24, 2.45) is 0 Å². The molecule has 0 fully saturated rings. The molecule has 0 spiro atoms. The topological polar surface area (TPSA) is 76.4 Å². The van der Waals surface area contributed by atoms with Crippen molar-refractivity contribution in [2.45, 2.75) is 0 Å². The maximum absolute atomic E-state index is 13.5. The molecule has 4 aromatic rings. The quantitative estimate of drug-likeness (QED) is 0.419. The molecule has 7 nitrogen and oxygen atoms in total. The third-order valence-electron chi connectivity index (χ3n) is 5.18. The minimum atomic E-state index is -0.249. The number of ether oxygens (including phenoxy) is 5. The largest absolute Gasteiger partial charge is 0.497 e. The van der Waals surface area contributed by atoms with Crippen LogP contribution in [0.1, 0.15) is 0 Å². The van der Waals surface area contributed by atoms with E-state index in [0.29, 0.717) is 50.7 Å². The fourth-order valence-electron chi connectivity index (χ4n) is 3.72. The molecule has 0 bridgehead atoms. The van der Waals surface area contributed by atoms with E-state index in [9.17, 15) is 4.79 Å². The summed E-state index contributed by atoms with van der Waals surface area (Å²) in [6.45, 7) is 0. The van der Waals surface area contributed by atoms with Crippen molar-refractivity contribution in [3.05, 3.63) is 52.7 Å². The molecule has 1 heterocycles. The number of fused-ring (bicyclic) bond motifs is 2. The van der Waals surface area contributed by atoms with Crippen LogP contribution in [-0.2, 0) is 0 Å². The van der Waals surface area contributed by atoms with E-state index < -0.39 is 0 Å². The highest BCUT2D eigenvalue weighted by Gasteiger charge is 2.24. The van der Waals surface area contributed by atoms with Crippen LogP contribution in [0.4, 0.5) is 0 Å². The van der Waals surface area contributed by atoms with Gasteiger partial charge in [0.05, 0.1) is 46.5 Å². The van der Waals surface area contributed by atoms with Gasteiger partial charge in [0.2, 0.25) is 11.2 Å². The van der Waals surface area contributed by atoms with Crippen LogP contribution in [0.3, 0.4) is 0 Å². The molecule has 4 rings (SSSR count). The number of benzene rings is 3. The van der Waals surface area contributed by atoms with Crippen molar-refractivity contribution < 1.29 is 28.1 Å². The monoisotopic (exact) mass is 422 g/mol. The molecule has 0 N–H and O–H groups in total. The molecule has 160 valence electrons. The molecule has 7 heteroatoms. The third-order valence-corrected chi connectivity index (χ3v) is 5.18. The summed E-state index contributed by atoms with van der Waals surface area (Å²) in [5.74, 6) is 2.28. The number of rotatable bonds is 6. The van der Waals surface area contributed by atoms with Crippen LogP contribution in [0, 0.1) is 0 Å². The van der Waals surface area contributed by atoms with Crippen molar-refractivity contribution in [1.29, 1.82) is 0 Å². The molecular weight excluding hydrogens is 400 g/mol. The van der Waals surface area contributed by atoms with E-state index in [1.165, 1.54) is 21.3 Å². The molecule has 0 amide bonds. The SMILES string of the molecule is COc1cccc(-c2c(OC)cc(OC)c3c(=O)c4ccc(OC)c(OC)c4oc23)c1. The van der Waals surface area contributed by atoms with E-state index >= 15 is 0 Å². The average molecular weight is 422 g/mol. The zero-order valence-corrected chi connectivity index (χ0v) is 17.9. The summed E-state index contributed by atoms with van der Waals surface area (Å²) in [5, 5.41) is 0.658. The van der Waals surface area contributed by atoms with Crippen LogP contribution in [0.15, 0.2) is 51.7 Å². The fourth-order valence-corrected chi connectivity index (χ4v) is 3.72. The minimum Gasteiger partial charge on any atom is -0.497 e. The zero-order valence-electron chi connectivity index (χ0n) is 17.9. The van der Waals surface area contributed by atoms with Crippen molar-refractivity contribution >= 4 is 21.9 Å². The lowest BCUT2D eigenvalue weighted by atomic mass is 9.99. The molecule has 3 aromatic carbocycles. The first kappa shape index (κ1) is 20.4. The first-order chi connectivity index (χ1) is 15.1. The van der Waals surface area contributed by atoms with Gasteiger partial charge in [-0.1, -0.05) is 12.1 Å². The summed E-state index contributed by atoms with van der Waals surface area (Å²) in [6.07, 6.45) is 0. The highest BCUT2D eigenvalue weighted by molar-refractivity contribution is 6.04. The molecule has 0 unspecified atom stereocenters. The lowest BCUT2D eigenvalue weighted by molar-refractivity contribution is 0.354. The maximum atomic E-state index is 13.5. The van der Waals surface area contributed by atoms with Gasteiger partial charge in [-0.3, -0.25) is 4.79 Å². The molecule has 0 atom stereocenters. The Hall–Kier alpha value is -3.87. The van der Waals surface area contributed by atoms with E-state index in [4.69, 9.17) is 28.1 Å². The minimum absolute atomic E-state index is 0.249. The Morgan fingerprint density at radius 2 is 1.45 bits per heavy atom. The molecular formula is C24H22O7. The molecule has 0 aliphatic heterocycles. The van der Waals surface area contributed by atoms with Crippen LogP contribution in [0.25, 0.3) is 33.1 Å². The van der Waals surface area contributed by atoms with Gasteiger partial charge in [-0.25, -0.2) is 0 Å². The van der Waals surface area contributed by atoms with Gasteiger partial charge < -0.3 is 28.1 Å². The Labute approximate surface area is 178 Å². The summed E-state index contributed by atoms with van der Waals surface area (Å²) < 4.78 is 33.7. The van der Waals surface area contributed by atoms with Crippen LogP contribution in [0.5, 0.6) is 28.7 Å². The molecule has 0 aliphatic carbocycles. The average Bonchev–Trinajstić information content (AvgIpc) is 2.82. The number of hydrogen-bond donors (Lipinski definition) is 0. The highest BCUT2D eigenvalue weighted by atomic mass is 16.5. The zero-order chi connectivity index (χ0) is 22.1. The van der Waals surface area contributed by atoms with Crippen molar-refractivity contribution in [1.82, 2.24) is 0 Å². The maximum Gasteiger partial charge on any atom is 0.204 e. The fraction of sp³-hybridized carbons (Fsp3) is 0.208. The molecule has 0 saturated heterocycles. The summed E-state index contributed by atoms with van der Waals surface area (Å²) in [5.41, 5.74) is 1.70. The van der Waals surface area contributed by atoms with Crippen molar-refractivity contribution in [2.75, 3.05) is 35.5 Å². The lowest BCUT2D eigenvalue weighted by Gasteiger charge is -2.16. The molecule has 0 aliphatic rings. The second-order valence-corrected chi connectivity index (χ2v) is 6.70. The third kappa shape index (κ3) is 3.18. The summed E-state index contributed by atoms with van der Waals surface area (Å²) in [4.78, 5) is 13.5. The van der Waals surface area contributed by atoms with Gasteiger partial charge in [-0.2, -0.15) is 0 Å². The normalized spacial score (nSPS) is 10.9.